The number of para-hydroxylation sites is 1. The minimum Gasteiger partial charge on any atom is -0.494 e. The molecule has 0 spiro atoms. The number of β-lactam (4-membered cyclic amide) rings is 1. The number of pyridine rings is 1. The Morgan fingerprint density at radius 1 is 1.39 bits per heavy atom. The summed E-state index contributed by atoms with van der Waals surface area (Å²) in [5, 5.41) is 20.8. The minimum atomic E-state index is -1.11. The van der Waals surface area contributed by atoms with Gasteiger partial charge in [0.05, 0.1) is 25.2 Å². The summed E-state index contributed by atoms with van der Waals surface area (Å²) in [5.41, 5.74) is 3.08. The molecule has 0 bridgehead atoms. The SMILES string of the molecule is COc1cccc2cc3c(nc12)CC[C@H]1C3=C(C(=O)O)N2C(=O)[C@H]([C@@H](C)O)[C@@H]12. The van der Waals surface area contributed by atoms with Crippen molar-refractivity contribution in [3.05, 3.63) is 41.2 Å². The van der Waals surface area contributed by atoms with Crippen LogP contribution in [0.3, 0.4) is 0 Å². The molecule has 1 aromatic heterocycles. The number of carboxylic acids is 1. The molecule has 1 aliphatic carbocycles. The van der Waals surface area contributed by atoms with Gasteiger partial charge in [-0.3, -0.25) is 4.79 Å². The van der Waals surface area contributed by atoms with E-state index in [1.54, 1.807) is 14.0 Å². The number of aliphatic hydroxyl groups is 1. The summed E-state index contributed by atoms with van der Waals surface area (Å²) >= 11 is 0. The van der Waals surface area contributed by atoms with Crippen LogP contribution in [0, 0.1) is 11.8 Å². The third-order valence-corrected chi connectivity index (χ3v) is 6.28. The third-order valence-electron chi connectivity index (χ3n) is 6.28. The molecule has 0 radical (unpaired) electrons. The van der Waals surface area contributed by atoms with E-state index in [-0.39, 0.29) is 23.6 Å². The molecule has 7 heteroatoms. The zero-order chi connectivity index (χ0) is 19.7. The van der Waals surface area contributed by atoms with E-state index in [9.17, 15) is 19.8 Å². The highest BCUT2D eigenvalue weighted by Gasteiger charge is 2.61. The first-order valence-electron chi connectivity index (χ1n) is 9.39. The fourth-order valence-corrected chi connectivity index (χ4v) is 5.14. The van der Waals surface area contributed by atoms with Crippen molar-refractivity contribution in [1.82, 2.24) is 9.88 Å². The van der Waals surface area contributed by atoms with Crippen LogP contribution in [0.4, 0.5) is 0 Å². The average Bonchev–Trinajstić information content (AvgIpc) is 2.96. The van der Waals surface area contributed by atoms with Gasteiger partial charge in [0.1, 0.15) is 17.0 Å². The molecule has 3 aliphatic rings. The summed E-state index contributed by atoms with van der Waals surface area (Å²) in [5.74, 6) is -1.39. The maximum absolute atomic E-state index is 12.6. The van der Waals surface area contributed by atoms with Gasteiger partial charge in [-0.15, -0.1) is 0 Å². The number of aromatic nitrogens is 1. The number of carboxylic acid groups (broad SMARTS) is 1. The zero-order valence-corrected chi connectivity index (χ0v) is 15.5. The zero-order valence-electron chi connectivity index (χ0n) is 15.5. The number of hydrogen-bond acceptors (Lipinski definition) is 5. The Balaban J connectivity index is 1.73. The van der Waals surface area contributed by atoms with Crippen LogP contribution in [0.15, 0.2) is 30.0 Å². The summed E-state index contributed by atoms with van der Waals surface area (Å²) < 4.78 is 5.41. The molecule has 28 heavy (non-hydrogen) atoms. The molecule has 1 aromatic carbocycles. The van der Waals surface area contributed by atoms with Crippen molar-refractivity contribution < 1.29 is 24.5 Å². The molecule has 1 fully saturated rings. The highest BCUT2D eigenvalue weighted by atomic mass is 16.5. The first kappa shape index (κ1) is 17.2. The van der Waals surface area contributed by atoms with Gasteiger partial charge in [-0.2, -0.15) is 0 Å². The van der Waals surface area contributed by atoms with Gasteiger partial charge in [-0.25, -0.2) is 9.78 Å². The van der Waals surface area contributed by atoms with E-state index in [0.717, 1.165) is 22.2 Å². The maximum atomic E-state index is 12.6. The predicted molar refractivity (Wildman–Crippen MR) is 100 cm³/mol. The molecule has 7 nitrogen and oxygen atoms in total. The fourth-order valence-electron chi connectivity index (χ4n) is 5.14. The number of ether oxygens (including phenoxy) is 1. The number of carbonyl (C=O) groups is 2. The number of benzene rings is 1. The lowest BCUT2D eigenvalue weighted by atomic mass is 9.71. The van der Waals surface area contributed by atoms with Crippen molar-refractivity contribution >= 4 is 28.4 Å². The quantitative estimate of drug-likeness (QED) is 0.788. The van der Waals surface area contributed by atoms with Crippen LogP contribution in [-0.4, -0.2) is 51.2 Å². The molecule has 3 heterocycles. The van der Waals surface area contributed by atoms with Crippen molar-refractivity contribution in [2.75, 3.05) is 7.11 Å². The van der Waals surface area contributed by atoms with Gasteiger partial charge in [0.2, 0.25) is 5.91 Å². The van der Waals surface area contributed by atoms with E-state index in [0.29, 0.717) is 24.2 Å². The van der Waals surface area contributed by atoms with Crippen LogP contribution in [-0.2, 0) is 16.0 Å². The van der Waals surface area contributed by atoms with Crippen LogP contribution in [0.25, 0.3) is 16.5 Å². The number of rotatable bonds is 3. The first-order chi connectivity index (χ1) is 13.4. The Bertz CT molecular complexity index is 1070. The first-order valence-corrected chi connectivity index (χ1v) is 9.39. The lowest BCUT2D eigenvalue weighted by Gasteiger charge is -2.47. The van der Waals surface area contributed by atoms with Crippen LogP contribution < -0.4 is 4.74 Å². The molecule has 144 valence electrons. The van der Waals surface area contributed by atoms with Gasteiger partial charge in [-0.1, -0.05) is 12.1 Å². The Morgan fingerprint density at radius 3 is 2.86 bits per heavy atom. The second-order valence-electron chi connectivity index (χ2n) is 7.69. The minimum absolute atomic E-state index is 0.0434. The molecule has 5 rings (SSSR count). The van der Waals surface area contributed by atoms with Crippen LogP contribution in [0.2, 0.25) is 0 Å². The summed E-state index contributed by atoms with van der Waals surface area (Å²) in [6, 6.07) is 7.31. The Hall–Kier alpha value is -2.93. The van der Waals surface area contributed by atoms with Crippen LogP contribution in [0.5, 0.6) is 5.75 Å². The molecule has 0 unspecified atom stereocenters. The standard InChI is InChI=1S/C21H20N2O5/c1-9(24)15-18-11-6-7-13-12(16(11)19(21(26)27)23(18)20(15)25)8-10-4-3-5-14(28-2)17(10)22-13/h3-5,8-9,11,15,18,24H,6-7H2,1-2H3,(H,26,27)/t9-,11+,15-,18-/m1/s1. The number of fused-ring (bicyclic) bond motifs is 6. The topological polar surface area (TPSA) is 100.0 Å². The number of nitrogens with zero attached hydrogens (tertiary/aromatic N) is 2. The number of carbonyl (C=O) groups excluding carboxylic acids is 1. The van der Waals surface area contributed by atoms with E-state index >= 15 is 0 Å². The van der Waals surface area contributed by atoms with Gasteiger partial charge in [0.15, 0.2) is 0 Å². The van der Waals surface area contributed by atoms with E-state index < -0.39 is 18.0 Å². The van der Waals surface area contributed by atoms with Gasteiger partial charge < -0.3 is 19.8 Å². The molecule has 4 atom stereocenters. The second-order valence-corrected chi connectivity index (χ2v) is 7.69. The number of aryl methyl sites for hydroxylation is 1. The highest BCUT2D eigenvalue weighted by Crippen LogP contribution is 2.54. The lowest BCUT2D eigenvalue weighted by Crippen LogP contribution is -2.64. The van der Waals surface area contributed by atoms with Gasteiger partial charge in [-0.05, 0) is 37.5 Å². The molecule has 0 saturated carbocycles. The highest BCUT2D eigenvalue weighted by molar-refractivity contribution is 6.07. The summed E-state index contributed by atoms with van der Waals surface area (Å²) in [6.07, 6.45) is 0.586. The molecule has 2 aliphatic heterocycles. The van der Waals surface area contributed by atoms with E-state index in [4.69, 9.17) is 9.72 Å². The predicted octanol–water partition coefficient (Wildman–Crippen LogP) is 1.82. The average molecular weight is 380 g/mol. The third kappa shape index (κ3) is 2.05. The van der Waals surface area contributed by atoms with Gasteiger partial charge in [0, 0.05) is 22.6 Å². The summed E-state index contributed by atoms with van der Waals surface area (Å²) in [7, 11) is 1.60. The van der Waals surface area contributed by atoms with Gasteiger partial charge in [0.25, 0.3) is 0 Å². The Kier molecular flexibility index (Phi) is 3.55. The van der Waals surface area contributed by atoms with Crippen LogP contribution in [0.1, 0.15) is 24.6 Å². The normalized spacial score (nSPS) is 26.5. The molecular weight excluding hydrogens is 360 g/mol. The molecule has 1 saturated heterocycles. The van der Waals surface area contributed by atoms with Crippen molar-refractivity contribution in [3.63, 3.8) is 0 Å². The monoisotopic (exact) mass is 380 g/mol. The van der Waals surface area contributed by atoms with Gasteiger partial charge >= 0.3 is 5.97 Å². The number of amides is 1. The van der Waals surface area contributed by atoms with E-state index in [1.807, 2.05) is 24.3 Å². The summed E-state index contributed by atoms with van der Waals surface area (Å²) in [6.45, 7) is 1.59. The van der Waals surface area contributed by atoms with Crippen molar-refractivity contribution in [2.24, 2.45) is 11.8 Å². The van der Waals surface area contributed by atoms with Crippen molar-refractivity contribution in [3.8, 4) is 5.75 Å². The molecule has 2 N–H and O–H groups in total. The van der Waals surface area contributed by atoms with Crippen molar-refractivity contribution in [1.29, 1.82) is 0 Å². The fraction of sp³-hybridized carbons (Fsp3) is 0.381. The number of methoxy groups -OCH3 is 1. The maximum Gasteiger partial charge on any atom is 0.352 e. The number of aliphatic hydroxyl groups excluding tert-OH is 1. The van der Waals surface area contributed by atoms with E-state index in [1.165, 1.54) is 4.90 Å². The van der Waals surface area contributed by atoms with Crippen LogP contribution >= 0.6 is 0 Å². The molecule has 2 aromatic rings. The molecular formula is C21H20N2O5. The number of aliphatic carboxylic acids is 1. The smallest absolute Gasteiger partial charge is 0.352 e. The summed E-state index contributed by atoms with van der Waals surface area (Å²) in [4.78, 5) is 30.8. The second kappa shape index (κ2) is 5.78. The lowest BCUT2D eigenvalue weighted by molar-refractivity contribution is -0.163. The largest absolute Gasteiger partial charge is 0.494 e. The van der Waals surface area contributed by atoms with Crippen molar-refractivity contribution in [2.45, 2.75) is 31.9 Å². The Morgan fingerprint density at radius 2 is 2.18 bits per heavy atom. The number of hydrogen-bond donors (Lipinski definition) is 2. The molecule has 1 amide bonds. The van der Waals surface area contributed by atoms with E-state index in [2.05, 4.69) is 0 Å². The Labute approximate surface area is 161 Å².